The fourth-order valence-corrected chi connectivity index (χ4v) is 3.31. The molecule has 2 aliphatic rings. The van der Waals surface area contributed by atoms with Crippen LogP contribution < -0.4 is 5.32 Å². The molecule has 2 fully saturated rings. The highest BCUT2D eigenvalue weighted by Gasteiger charge is 2.26. The summed E-state index contributed by atoms with van der Waals surface area (Å²) in [5, 5.41) is 3.89. The van der Waals surface area contributed by atoms with Crippen LogP contribution in [0.2, 0.25) is 5.02 Å². The van der Waals surface area contributed by atoms with E-state index in [0.29, 0.717) is 31.3 Å². The fraction of sp³-hybridized carbons (Fsp3) is 0.588. The van der Waals surface area contributed by atoms with Crippen molar-refractivity contribution >= 4 is 17.5 Å². The van der Waals surface area contributed by atoms with Crippen molar-refractivity contribution in [3.8, 4) is 0 Å². The zero-order valence-electron chi connectivity index (χ0n) is 13.2. The van der Waals surface area contributed by atoms with Gasteiger partial charge in [-0.3, -0.25) is 4.79 Å². The van der Waals surface area contributed by atoms with Crippen molar-refractivity contribution < 1.29 is 14.3 Å². The highest BCUT2D eigenvalue weighted by Crippen LogP contribution is 2.28. The van der Waals surface area contributed by atoms with Crippen LogP contribution in [-0.4, -0.2) is 56.3 Å². The predicted molar refractivity (Wildman–Crippen MR) is 88.6 cm³/mol. The summed E-state index contributed by atoms with van der Waals surface area (Å²) in [4.78, 5) is 14.2. The fourth-order valence-electron chi connectivity index (χ4n) is 3.06. The number of ether oxygens (including phenoxy) is 2. The molecule has 2 atom stereocenters. The van der Waals surface area contributed by atoms with Crippen LogP contribution in [0.4, 0.5) is 0 Å². The maximum atomic E-state index is 12.4. The molecular weight excluding hydrogens is 316 g/mol. The van der Waals surface area contributed by atoms with E-state index in [4.69, 9.17) is 21.1 Å². The Labute approximate surface area is 141 Å². The van der Waals surface area contributed by atoms with Crippen molar-refractivity contribution in [1.82, 2.24) is 10.2 Å². The van der Waals surface area contributed by atoms with Crippen LogP contribution in [0.25, 0.3) is 0 Å². The Hall–Kier alpha value is -1.14. The number of nitrogens with zero attached hydrogens (tertiary/aromatic N) is 1. The first-order valence-corrected chi connectivity index (χ1v) is 8.58. The summed E-state index contributed by atoms with van der Waals surface area (Å²) in [5.41, 5.74) is 0.944. The van der Waals surface area contributed by atoms with Crippen LogP contribution in [0.3, 0.4) is 0 Å². The summed E-state index contributed by atoms with van der Waals surface area (Å²) in [6.45, 7) is 3.63. The van der Waals surface area contributed by atoms with Gasteiger partial charge in [0, 0.05) is 30.3 Å². The van der Waals surface area contributed by atoms with E-state index >= 15 is 0 Å². The average molecular weight is 339 g/mol. The summed E-state index contributed by atoms with van der Waals surface area (Å²) < 4.78 is 11.3. The molecule has 6 heteroatoms. The minimum Gasteiger partial charge on any atom is -0.377 e. The Morgan fingerprint density at radius 1 is 1.30 bits per heavy atom. The van der Waals surface area contributed by atoms with Gasteiger partial charge in [0.25, 0.3) is 0 Å². The number of carbonyl (C=O) groups excluding carboxylic acids is 1. The van der Waals surface area contributed by atoms with Crippen LogP contribution in [0, 0.1) is 0 Å². The first-order valence-electron chi connectivity index (χ1n) is 8.20. The molecule has 23 heavy (non-hydrogen) atoms. The molecule has 0 bridgehead atoms. The second kappa shape index (κ2) is 8.11. The molecule has 3 rings (SSSR count). The Morgan fingerprint density at radius 3 is 2.96 bits per heavy atom. The van der Waals surface area contributed by atoms with Crippen LogP contribution in [0.15, 0.2) is 24.3 Å². The maximum absolute atomic E-state index is 12.4. The lowest BCUT2D eigenvalue weighted by atomic mass is 10.1. The van der Waals surface area contributed by atoms with E-state index in [1.165, 1.54) is 0 Å². The van der Waals surface area contributed by atoms with E-state index < -0.39 is 0 Å². The van der Waals surface area contributed by atoms with E-state index in [2.05, 4.69) is 5.32 Å². The summed E-state index contributed by atoms with van der Waals surface area (Å²) in [5.74, 6) is 0.100. The van der Waals surface area contributed by atoms with Gasteiger partial charge < -0.3 is 19.7 Å². The van der Waals surface area contributed by atoms with E-state index in [1.54, 1.807) is 0 Å². The monoisotopic (exact) mass is 338 g/mol. The number of nitrogens with one attached hydrogen (secondary N) is 1. The summed E-state index contributed by atoms with van der Waals surface area (Å²) in [6, 6.07) is 7.64. The molecule has 1 aromatic rings. The molecule has 126 valence electrons. The number of morpholine rings is 1. The molecule has 0 aliphatic carbocycles. The van der Waals surface area contributed by atoms with Crippen molar-refractivity contribution in [3.63, 3.8) is 0 Å². The zero-order chi connectivity index (χ0) is 16.1. The van der Waals surface area contributed by atoms with Crippen molar-refractivity contribution in [1.29, 1.82) is 0 Å². The largest absolute Gasteiger partial charge is 0.377 e. The third-order valence-corrected chi connectivity index (χ3v) is 4.69. The van der Waals surface area contributed by atoms with Gasteiger partial charge in [-0.25, -0.2) is 0 Å². The number of carbonyl (C=O) groups is 1. The number of hydrogen-bond acceptors (Lipinski definition) is 4. The van der Waals surface area contributed by atoms with Crippen LogP contribution in [0.1, 0.15) is 24.5 Å². The summed E-state index contributed by atoms with van der Waals surface area (Å²) in [7, 11) is 0. The summed E-state index contributed by atoms with van der Waals surface area (Å²) in [6.07, 6.45) is 2.29. The molecule has 2 heterocycles. The molecule has 1 amide bonds. The molecule has 2 saturated heterocycles. The average Bonchev–Trinajstić information content (AvgIpc) is 3.09. The molecule has 1 N–H and O–H groups in total. The van der Waals surface area contributed by atoms with Crippen LogP contribution in [0.5, 0.6) is 0 Å². The second-order valence-corrected chi connectivity index (χ2v) is 6.39. The lowest BCUT2D eigenvalue weighted by Crippen LogP contribution is -2.46. The number of rotatable bonds is 5. The zero-order valence-corrected chi connectivity index (χ0v) is 13.9. The molecule has 0 unspecified atom stereocenters. The van der Waals surface area contributed by atoms with Gasteiger partial charge in [0.1, 0.15) is 6.10 Å². The first kappa shape index (κ1) is 16.7. The van der Waals surface area contributed by atoms with Crippen LogP contribution >= 0.6 is 11.6 Å². The summed E-state index contributed by atoms with van der Waals surface area (Å²) >= 11 is 6.23. The van der Waals surface area contributed by atoms with E-state index in [1.807, 2.05) is 29.2 Å². The third kappa shape index (κ3) is 4.44. The molecule has 0 radical (unpaired) electrons. The highest BCUT2D eigenvalue weighted by molar-refractivity contribution is 6.31. The quantitative estimate of drug-likeness (QED) is 0.892. The van der Waals surface area contributed by atoms with Gasteiger partial charge in [-0.05, 0) is 18.9 Å². The van der Waals surface area contributed by atoms with Gasteiger partial charge in [-0.2, -0.15) is 0 Å². The van der Waals surface area contributed by atoms with E-state index in [9.17, 15) is 4.79 Å². The highest BCUT2D eigenvalue weighted by atomic mass is 35.5. The Kier molecular flexibility index (Phi) is 5.89. The molecule has 0 aromatic heterocycles. The lowest BCUT2D eigenvalue weighted by Gasteiger charge is -2.33. The van der Waals surface area contributed by atoms with Gasteiger partial charge in [-0.1, -0.05) is 29.8 Å². The standard InChI is InChI=1S/C17H23ClN2O3/c18-15-6-2-1-5-14(15)16-12-20(7-9-23-16)17(21)11-19-10-13-4-3-8-22-13/h1-2,5-6,13,16,19H,3-4,7-12H2/t13-,16-/m1/s1. The molecule has 5 nitrogen and oxygen atoms in total. The Morgan fingerprint density at radius 2 is 2.17 bits per heavy atom. The minimum absolute atomic E-state index is 0.100. The van der Waals surface area contributed by atoms with Crippen molar-refractivity contribution in [2.24, 2.45) is 0 Å². The van der Waals surface area contributed by atoms with Gasteiger partial charge in [0.2, 0.25) is 5.91 Å². The number of benzene rings is 1. The number of halogens is 1. The van der Waals surface area contributed by atoms with Gasteiger partial charge in [0.05, 0.1) is 25.8 Å². The third-order valence-electron chi connectivity index (χ3n) is 4.34. The smallest absolute Gasteiger partial charge is 0.236 e. The lowest BCUT2D eigenvalue weighted by molar-refractivity contribution is -0.138. The maximum Gasteiger partial charge on any atom is 0.236 e. The molecule has 0 saturated carbocycles. The number of amides is 1. The topological polar surface area (TPSA) is 50.8 Å². The first-order chi connectivity index (χ1) is 11.2. The van der Waals surface area contributed by atoms with Crippen molar-refractivity contribution in [2.45, 2.75) is 25.0 Å². The van der Waals surface area contributed by atoms with Gasteiger partial charge in [-0.15, -0.1) is 0 Å². The van der Waals surface area contributed by atoms with Gasteiger partial charge in [0.15, 0.2) is 0 Å². The molecule has 1 aromatic carbocycles. The molecule has 0 spiro atoms. The SMILES string of the molecule is O=C(CNC[C@H]1CCCO1)N1CCO[C@@H](c2ccccc2Cl)C1. The second-order valence-electron chi connectivity index (χ2n) is 5.99. The van der Waals surface area contributed by atoms with Crippen molar-refractivity contribution in [3.05, 3.63) is 34.9 Å². The predicted octanol–water partition coefficient (Wildman–Crippen LogP) is 2.01. The van der Waals surface area contributed by atoms with E-state index in [-0.39, 0.29) is 18.1 Å². The van der Waals surface area contributed by atoms with Gasteiger partial charge >= 0.3 is 0 Å². The Bertz CT molecular complexity index is 534. The van der Waals surface area contributed by atoms with Crippen molar-refractivity contribution in [2.75, 3.05) is 39.4 Å². The molecular formula is C17H23ClN2O3. The number of hydrogen-bond donors (Lipinski definition) is 1. The Balaban J connectivity index is 1.49. The van der Waals surface area contributed by atoms with Crippen LogP contribution in [-0.2, 0) is 14.3 Å². The minimum atomic E-state index is -0.153. The molecule has 2 aliphatic heterocycles. The van der Waals surface area contributed by atoms with E-state index in [0.717, 1.165) is 31.6 Å². The normalized spacial score (nSPS) is 24.8.